The van der Waals surface area contributed by atoms with Crippen LogP contribution in [0.3, 0.4) is 0 Å². The highest BCUT2D eigenvalue weighted by atomic mass is 79.9. The van der Waals surface area contributed by atoms with Crippen molar-refractivity contribution in [3.63, 3.8) is 0 Å². The molecule has 3 nitrogen and oxygen atoms in total. The van der Waals surface area contributed by atoms with Crippen LogP contribution < -0.4 is 10.1 Å². The number of hydrogen-bond acceptors (Lipinski definition) is 2. The molecule has 1 unspecified atom stereocenters. The summed E-state index contributed by atoms with van der Waals surface area (Å²) in [6.45, 7) is -1.08. The maximum absolute atomic E-state index is 12.1. The third-order valence-corrected chi connectivity index (χ3v) is 3.07. The minimum atomic E-state index is -2.92. The highest BCUT2D eigenvalue weighted by molar-refractivity contribution is 9.10. The standard InChI is InChI=1S/C11H12BrF2NO2/c1-2-7(12)10(16)15-8-5-3-4-6-9(8)17-11(13)14/h3-7,11H,2H2,1H3,(H,15,16). The maximum Gasteiger partial charge on any atom is 0.387 e. The first-order valence-corrected chi connectivity index (χ1v) is 5.95. The Morgan fingerprint density at radius 2 is 2.12 bits per heavy atom. The van der Waals surface area contributed by atoms with Crippen molar-refractivity contribution in [2.24, 2.45) is 0 Å². The van der Waals surface area contributed by atoms with Crippen molar-refractivity contribution in [1.82, 2.24) is 0 Å². The Hall–Kier alpha value is -1.17. The highest BCUT2D eigenvalue weighted by Crippen LogP contribution is 2.26. The molecule has 1 rings (SSSR count). The molecule has 1 aromatic carbocycles. The van der Waals surface area contributed by atoms with Gasteiger partial charge in [0.25, 0.3) is 0 Å². The molecule has 0 bridgehead atoms. The molecule has 0 aliphatic carbocycles. The van der Waals surface area contributed by atoms with Crippen molar-refractivity contribution in [3.05, 3.63) is 24.3 Å². The first kappa shape index (κ1) is 13.9. The quantitative estimate of drug-likeness (QED) is 0.847. The number of para-hydroxylation sites is 2. The smallest absolute Gasteiger partial charge is 0.387 e. The molecular weight excluding hydrogens is 296 g/mol. The van der Waals surface area contributed by atoms with E-state index >= 15 is 0 Å². The Balaban J connectivity index is 2.79. The largest absolute Gasteiger partial charge is 0.433 e. The summed E-state index contributed by atoms with van der Waals surface area (Å²) in [6.07, 6.45) is 0.601. The van der Waals surface area contributed by atoms with Gasteiger partial charge in [-0.3, -0.25) is 4.79 Å². The average molecular weight is 308 g/mol. The van der Waals surface area contributed by atoms with E-state index in [9.17, 15) is 13.6 Å². The fourth-order valence-corrected chi connectivity index (χ4v) is 1.28. The lowest BCUT2D eigenvalue weighted by Crippen LogP contribution is -2.22. The second-order valence-electron chi connectivity index (χ2n) is 3.24. The molecule has 1 N–H and O–H groups in total. The molecule has 17 heavy (non-hydrogen) atoms. The van der Waals surface area contributed by atoms with Crippen LogP contribution >= 0.6 is 15.9 Å². The Morgan fingerprint density at radius 1 is 1.47 bits per heavy atom. The number of amides is 1. The number of carbonyl (C=O) groups excluding carboxylic acids is 1. The van der Waals surface area contributed by atoms with Gasteiger partial charge in [0, 0.05) is 0 Å². The van der Waals surface area contributed by atoms with Gasteiger partial charge < -0.3 is 10.1 Å². The van der Waals surface area contributed by atoms with Gasteiger partial charge in [-0.2, -0.15) is 8.78 Å². The molecule has 0 fully saturated rings. The van der Waals surface area contributed by atoms with E-state index in [4.69, 9.17) is 0 Å². The number of carbonyl (C=O) groups is 1. The molecule has 0 saturated carbocycles. The molecule has 1 atom stereocenters. The number of halogens is 3. The Morgan fingerprint density at radius 3 is 2.71 bits per heavy atom. The summed E-state index contributed by atoms with van der Waals surface area (Å²) in [4.78, 5) is 11.2. The third kappa shape index (κ3) is 4.30. The second kappa shape index (κ2) is 6.54. The van der Waals surface area contributed by atoms with Gasteiger partial charge in [-0.1, -0.05) is 35.0 Å². The lowest BCUT2D eigenvalue weighted by atomic mass is 10.2. The molecule has 94 valence electrons. The molecule has 0 saturated heterocycles. The minimum absolute atomic E-state index is 0.0494. The van der Waals surface area contributed by atoms with Crippen molar-refractivity contribution < 1.29 is 18.3 Å². The van der Waals surface area contributed by atoms with Crippen LogP contribution in [0.5, 0.6) is 5.75 Å². The minimum Gasteiger partial charge on any atom is -0.433 e. The normalized spacial score (nSPS) is 12.3. The van der Waals surface area contributed by atoms with Crippen LogP contribution in [0.15, 0.2) is 24.3 Å². The van der Waals surface area contributed by atoms with Crippen molar-refractivity contribution >= 4 is 27.5 Å². The molecule has 0 aliphatic heterocycles. The number of hydrogen-bond donors (Lipinski definition) is 1. The zero-order valence-electron chi connectivity index (χ0n) is 9.12. The van der Waals surface area contributed by atoms with Gasteiger partial charge in [-0.05, 0) is 18.6 Å². The first-order valence-electron chi connectivity index (χ1n) is 5.03. The molecule has 1 aromatic rings. The van der Waals surface area contributed by atoms with E-state index in [0.717, 1.165) is 0 Å². The Labute approximate surface area is 106 Å². The summed E-state index contributed by atoms with van der Waals surface area (Å²) in [7, 11) is 0. The fraction of sp³-hybridized carbons (Fsp3) is 0.364. The van der Waals surface area contributed by atoms with E-state index < -0.39 is 6.61 Å². The summed E-state index contributed by atoms with van der Waals surface area (Å²) < 4.78 is 28.5. The van der Waals surface area contributed by atoms with Crippen LogP contribution in [0, 0.1) is 0 Å². The highest BCUT2D eigenvalue weighted by Gasteiger charge is 2.15. The molecule has 0 radical (unpaired) electrons. The van der Waals surface area contributed by atoms with E-state index in [1.807, 2.05) is 6.92 Å². The van der Waals surface area contributed by atoms with Gasteiger partial charge in [0.15, 0.2) is 0 Å². The SMILES string of the molecule is CCC(Br)C(=O)Nc1ccccc1OC(F)F. The summed E-state index contributed by atoms with van der Waals surface area (Å²) in [6, 6.07) is 6.06. The summed E-state index contributed by atoms with van der Waals surface area (Å²) in [5, 5.41) is 2.52. The molecule has 0 heterocycles. The number of nitrogens with one attached hydrogen (secondary N) is 1. The summed E-state index contributed by atoms with van der Waals surface area (Å²) in [5.74, 6) is -0.343. The van der Waals surface area contributed by atoms with Crippen LogP contribution in [0.25, 0.3) is 0 Å². The van der Waals surface area contributed by atoms with Crippen molar-refractivity contribution in [1.29, 1.82) is 0 Å². The Bertz CT molecular complexity index is 387. The summed E-state index contributed by atoms with van der Waals surface area (Å²) >= 11 is 3.17. The first-order chi connectivity index (χ1) is 8.04. The predicted octanol–water partition coefficient (Wildman–Crippen LogP) is 3.40. The van der Waals surface area contributed by atoms with Crippen LogP contribution in [0.2, 0.25) is 0 Å². The lowest BCUT2D eigenvalue weighted by Gasteiger charge is -2.13. The third-order valence-electron chi connectivity index (χ3n) is 2.00. The number of ether oxygens (including phenoxy) is 1. The number of alkyl halides is 3. The molecule has 0 aromatic heterocycles. The zero-order valence-corrected chi connectivity index (χ0v) is 10.7. The van der Waals surface area contributed by atoms with Gasteiger partial charge in [0.2, 0.25) is 5.91 Å². The topological polar surface area (TPSA) is 38.3 Å². The molecule has 0 spiro atoms. The van der Waals surface area contributed by atoms with E-state index in [1.54, 1.807) is 12.1 Å². The van der Waals surface area contributed by atoms with Crippen LogP contribution in [0.1, 0.15) is 13.3 Å². The monoisotopic (exact) mass is 307 g/mol. The maximum atomic E-state index is 12.1. The van der Waals surface area contributed by atoms with E-state index in [1.165, 1.54) is 12.1 Å². The summed E-state index contributed by atoms with van der Waals surface area (Å²) in [5.41, 5.74) is 0.232. The second-order valence-corrected chi connectivity index (χ2v) is 4.35. The van der Waals surface area contributed by atoms with Gasteiger partial charge >= 0.3 is 6.61 Å². The van der Waals surface area contributed by atoms with Crippen LogP contribution in [-0.2, 0) is 4.79 Å². The lowest BCUT2D eigenvalue weighted by molar-refractivity contribution is -0.115. The van der Waals surface area contributed by atoms with Crippen molar-refractivity contribution in [3.8, 4) is 5.75 Å². The van der Waals surface area contributed by atoms with Crippen LogP contribution in [-0.4, -0.2) is 17.3 Å². The average Bonchev–Trinajstić information content (AvgIpc) is 2.29. The molecule has 0 aliphatic rings. The number of benzene rings is 1. The zero-order chi connectivity index (χ0) is 12.8. The Kier molecular flexibility index (Phi) is 5.34. The predicted molar refractivity (Wildman–Crippen MR) is 64.7 cm³/mol. The van der Waals surface area contributed by atoms with Gasteiger partial charge in [-0.25, -0.2) is 0 Å². The van der Waals surface area contributed by atoms with Gasteiger partial charge in [0.05, 0.1) is 10.5 Å². The van der Waals surface area contributed by atoms with Crippen LogP contribution in [0.4, 0.5) is 14.5 Å². The van der Waals surface area contributed by atoms with E-state index in [0.29, 0.717) is 6.42 Å². The number of anilines is 1. The number of rotatable bonds is 5. The van der Waals surface area contributed by atoms with E-state index in [-0.39, 0.29) is 22.2 Å². The molecule has 6 heteroatoms. The van der Waals surface area contributed by atoms with Gasteiger partial charge in [-0.15, -0.1) is 0 Å². The van der Waals surface area contributed by atoms with Crippen molar-refractivity contribution in [2.45, 2.75) is 24.8 Å². The fourth-order valence-electron chi connectivity index (χ4n) is 1.17. The molecular formula is C11H12BrF2NO2. The molecule has 1 amide bonds. The van der Waals surface area contributed by atoms with Crippen molar-refractivity contribution in [2.75, 3.05) is 5.32 Å². The van der Waals surface area contributed by atoms with Gasteiger partial charge in [0.1, 0.15) is 5.75 Å². The van der Waals surface area contributed by atoms with E-state index in [2.05, 4.69) is 26.0 Å².